The lowest BCUT2D eigenvalue weighted by Crippen LogP contribution is -2.43. The first-order chi connectivity index (χ1) is 14.7. The second-order valence-electron chi connectivity index (χ2n) is 8.72. The molecule has 0 atom stereocenters. The van der Waals surface area contributed by atoms with Crippen LogP contribution in [-0.4, -0.2) is 75.7 Å². The number of hydrogen-bond donors (Lipinski definition) is 1. The average molecular weight is 453 g/mol. The van der Waals surface area contributed by atoms with Gasteiger partial charge in [-0.05, 0) is 62.5 Å². The predicted octanol–water partition coefficient (Wildman–Crippen LogP) is 3.25. The third-order valence-electron chi connectivity index (χ3n) is 5.69. The molecule has 0 bridgehead atoms. The van der Waals surface area contributed by atoms with Gasteiger partial charge in [-0.1, -0.05) is 27.7 Å². The molecule has 1 aliphatic rings. The lowest BCUT2D eigenvalue weighted by atomic mass is 10.1. The number of amides is 1. The van der Waals surface area contributed by atoms with E-state index in [-0.39, 0.29) is 11.8 Å². The van der Waals surface area contributed by atoms with Crippen LogP contribution in [0.4, 0.5) is 11.4 Å². The Hall–Kier alpha value is -1.80. The molecule has 0 spiro atoms. The van der Waals surface area contributed by atoms with Crippen molar-refractivity contribution in [1.82, 2.24) is 9.80 Å². The van der Waals surface area contributed by atoms with Crippen molar-refractivity contribution in [2.45, 2.75) is 47.0 Å². The van der Waals surface area contributed by atoms with Gasteiger partial charge in [-0.15, -0.1) is 0 Å². The normalized spacial score (nSPS) is 14.8. The number of hydrogen-bond acceptors (Lipinski definition) is 5. The van der Waals surface area contributed by atoms with Gasteiger partial charge in [0.15, 0.2) is 0 Å². The SMILES string of the molecule is CCN(CC)CCN(CC(C)C)C(=O)CS(=O)(=O)Nc1ccc(N2CCCCC2)cc1. The highest BCUT2D eigenvalue weighted by Gasteiger charge is 2.23. The van der Waals surface area contributed by atoms with Crippen LogP contribution in [0.1, 0.15) is 47.0 Å². The standard InChI is InChI=1S/C23H40N4O3S/c1-5-25(6-2)16-17-27(18-20(3)4)23(28)19-31(29,30)24-21-10-12-22(13-11-21)26-14-8-7-9-15-26/h10-13,20,24H,5-9,14-19H2,1-4H3. The molecule has 176 valence electrons. The van der Waals surface area contributed by atoms with Gasteiger partial charge >= 0.3 is 0 Å². The Morgan fingerprint density at radius 2 is 1.65 bits per heavy atom. The first kappa shape index (κ1) is 25.5. The van der Waals surface area contributed by atoms with E-state index in [2.05, 4.69) is 28.4 Å². The fourth-order valence-electron chi connectivity index (χ4n) is 3.92. The maximum atomic E-state index is 12.8. The molecule has 1 heterocycles. The summed E-state index contributed by atoms with van der Waals surface area (Å²) in [5.41, 5.74) is 1.60. The van der Waals surface area contributed by atoms with Gasteiger partial charge in [-0.3, -0.25) is 9.52 Å². The zero-order valence-electron chi connectivity index (χ0n) is 19.6. The van der Waals surface area contributed by atoms with E-state index in [1.54, 1.807) is 17.0 Å². The topological polar surface area (TPSA) is 73.0 Å². The van der Waals surface area contributed by atoms with Crippen LogP contribution in [0.2, 0.25) is 0 Å². The number of sulfonamides is 1. The Balaban J connectivity index is 1.97. The summed E-state index contributed by atoms with van der Waals surface area (Å²) in [5.74, 6) is -0.608. The van der Waals surface area contributed by atoms with Gasteiger partial charge in [-0.2, -0.15) is 0 Å². The number of piperidine rings is 1. The maximum absolute atomic E-state index is 12.8. The molecule has 0 unspecified atom stereocenters. The monoisotopic (exact) mass is 452 g/mol. The predicted molar refractivity (Wildman–Crippen MR) is 129 cm³/mol. The molecule has 1 amide bonds. The van der Waals surface area contributed by atoms with Crippen molar-refractivity contribution >= 4 is 27.3 Å². The zero-order chi connectivity index (χ0) is 22.9. The van der Waals surface area contributed by atoms with E-state index in [1.165, 1.54) is 19.3 Å². The summed E-state index contributed by atoms with van der Waals surface area (Å²) < 4.78 is 27.9. The molecule has 0 aromatic heterocycles. The van der Waals surface area contributed by atoms with E-state index in [9.17, 15) is 13.2 Å². The van der Waals surface area contributed by atoms with E-state index < -0.39 is 15.8 Å². The summed E-state index contributed by atoms with van der Waals surface area (Å²) in [7, 11) is -3.77. The van der Waals surface area contributed by atoms with Crippen LogP contribution in [0.5, 0.6) is 0 Å². The smallest absolute Gasteiger partial charge is 0.241 e. The van der Waals surface area contributed by atoms with Crippen LogP contribution in [0.25, 0.3) is 0 Å². The quantitative estimate of drug-likeness (QED) is 0.527. The third-order valence-corrected chi connectivity index (χ3v) is 6.87. The maximum Gasteiger partial charge on any atom is 0.241 e. The number of carbonyl (C=O) groups is 1. The first-order valence-electron chi connectivity index (χ1n) is 11.6. The molecule has 1 aromatic carbocycles. The van der Waals surface area contributed by atoms with Crippen LogP contribution < -0.4 is 9.62 Å². The number of nitrogens with zero attached hydrogens (tertiary/aromatic N) is 3. The molecule has 1 fully saturated rings. The summed E-state index contributed by atoms with van der Waals surface area (Å²) in [6, 6.07) is 7.44. The minimum atomic E-state index is -3.77. The summed E-state index contributed by atoms with van der Waals surface area (Å²) >= 11 is 0. The van der Waals surface area contributed by atoms with Crippen LogP contribution in [0.15, 0.2) is 24.3 Å². The number of nitrogens with one attached hydrogen (secondary N) is 1. The van der Waals surface area contributed by atoms with Crippen molar-refractivity contribution in [1.29, 1.82) is 0 Å². The highest BCUT2D eigenvalue weighted by atomic mass is 32.2. The molecule has 1 saturated heterocycles. The Bertz CT molecular complexity index is 771. The van der Waals surface area contributed by atoms with Crippen molar-refractivity contribution < 1.29 is 13.2 Å². The molecule has 1 aromatic rings. The lowest BCUT2D eigenvalue weighted by molar-refractivity contribution is -0.129. The molecule has 7 nitrogen and oxygen atoms in total. The van der Waals surface area contributed by atoms with Gasteiger partial charge in [0.1, 0.15) is 5.75 Å². The van der Waals surface area contributed by atoms with Gasteiger partial charge in [-0.25, -0.2) is 8.42 Å². The second kappa shape index (κ2) is 12.3. The molecule has 0 radical (unpaired) electrons. The number of benzene rings is 1. The summed E-state index contributed by atoms with van der Waals surface area (Å²) in [4.78, 5) is 19.1. The van der Waals surface area contributed by atoms with Crippen LogP contribution in [-0.2, 0) is 14.8 Å². The van der Waals surface area contributed by atoms with E-state index in [0.717, 1.165) is 38.4 Å². The number of likely N-dealkylation sites (N-methyl/N-ethyl adjacent to an activating group) is 1. The fourth-order valence-corrected chi connectivity index (χ4v) is 5.00. The van der Waals surface area contributed by atoms with Crippen molar-refractivity contribution in [3.63, 3.8) is 0 Å². The molecular formula is C23H40N4O3S. The summed E-state index contributed by atoms with van der Waals surface area (Å²) in [6.07, 6.45) is 3.65. The Morgan fingerprint density at radius 3 is 2.19 bits per heavy atom. The minimum Gasteiger partial charge on any atom is -0.372 e. The fraction of sp³-hybridized carbons (Fsp3) is 0.696. The Labute approximate surface area is 188 Å². The van der Waals surface area contributed by atoms with Gasteiger partial charge in [0, 0.05) is 44.1 Å². The molecule has 2 rings (SSSR count). The Morgan fingerprint density at radius 1 is 1.03 bits per heavy atom. The first-order valence-corrected chi connectivity index (χ1v) is 13.2. The van der Waals surface area contributed by atoms with Crippen LogP contribution >= 0.6 is 0 Å². The van der Waals surface area contributed by atoms with Gasteiger partial charge in [0.05, 0.1) is 0 Å². The average Bonchev–Trinajstić information content (AvgIpc) is 2.73. The lowest BCUT2D eigenvalue weighted by Gasteiger charge is -2.29. The van der Waals surface area contributed by atoms with E-state index >= 15 is 0 Å². The molecule has 8 heteroatoms. The number of anilines is 2. The van der Waals surface area contributed by atoms with E-state index in [1.807, 2.05) is 26.0 Å². The van der Waals surface area contributed by atoms with Gasteiger partial charge in [0.2, 0.25) is 15.9 Å². The molecule has 1 N–H and O–H groups in total. The second-order valence-corrected chi connectivity index (χ2v) is 10.4. The van der Waals surface area contributed by atoms with Crippen molar-refractivity contribution in [2.24, 2.45) is 5.92 Å². The van der Waals surface area contributed by atoms with E-state index in [0.29, 0.717) is 18.8 Å². The van der Waals surface area contributed by atoms with Crippen molar-refractivity contribution in [3.05, 3.63) is 24.3 Å². The largest absolute Gasteiger partial charge is 0.372 e. The molecule has 0 aliphatic carbocycles. The Kier molecular flexibility index (Phi) is 10.1. The highest BCUT2D eigenvalue weighted by Crippen LogP contribution is 2.22. The van der Waals surface area contributed by atoms with Crippen LogP contribution in [0.3, 0.4) is 0 Å². The third kappa shape index (κ3) is 8.69. The molecular weight excluding hydrogens is 412 g/mol. The molecule has 0 saturated carbocycles. The molecule has 1 aliphatic heterocycles. The van der Waals surface area contributed by atoms with Crippen LogP contribution in [0, 0.1) is 5.92 Å². The van der Waals surface area contributed by atoms with Gasteiger partial charge < -0.3 is 14.7 Å². The number of carbonyl (C=O) groups excluding carboxylic acids is 1. The van der Waals surface area contributed by atoms with E-state index in [4.69, 9.17) is 0 Å². The highest BCUT2D eigenvalue weighted by molar-refractivity contribution is 7.93. The number of rotatable bonds is 12. The zero-order valence-corrected chi connectivity index (χ0v) is 20.5. The van der Waals surface area contributed by atoms with Gasteiger partial charge in [0.25, 0.3) is 0 Å². The van der Waals surface area contributed by atoms with Crippen molar-refractivity contribution in [2.75, 3.05) is 61.2 Å². The summed E-state index contributed by atoms with van der Waals surface area (Å²) in [5, 5.41) is 0. The summed E-state index contributed by atoms with van der Waals surface area (Å²) in [6.45, 7) is 14.0. The van der Waals surface area contributed by atoms with Crippen molar-refractivity contribution in [3.8, 4) is 0 Å². The molecule has 31 heavy (non-hydrogen) atoms. The minimum absolute atomic E-state index is 0.277.